The van der Waals surface area contributed by atoms with Gasteiger partial charge in [0.15, 0.2) is 6.10 Å². The zero-order valence-corrected chi connectivity index (χ0v) is 19.0. The number of para-hydroxylation sites is 1. The molecule has 0 spiro atoms. The number of aryl methyl sites for hydroxylation is 1. The number of amides is 1. The fourth-order valence-corrected chi connectivity index (χ4v) is 5.03. The monoisotopic (exact) mass is 472 g/mol. The van der Waals surface area contributed by atoms with Crippen LogP contribution >= 0.6 is 11.6 Å². The first-order valence-corrected chi connectivity index (χ1v) is 11.6. The third-order valence-corrected chi connectivity index (χ3v) is 7.18. The van der Waals surface area contributed by atoms with E-state index >= 15 is 0 Å². The van der Waals surface area contributed by atoms with Gasteiger partial charge in [0.1, 0.15) is 11.5 Å². The Labute approximate surface area is 191 Å². The number of nitrogens with one attached hydrogen (secondary N) is 1. The maximum Gasteiger partial charge on any atom is 0.267 e. The smallest absolute Gasteiger partial charge is 0.267 e. The second-order valence-electron chi connectivity index (χ2n) is 7.26. The van der Waals surface area contributed by atoms with E-state index < -0.39 is 22.0 Å². The van der Waals surface area contributed by atoms with Gasteiger partial charge in [-0.1, -0.05) is 29.8 Å². The van der Waals surface area contributed by atoms with E-state index in [-0.39, 0.29) is 11.4 Å². The highest BCUT2D eigenvalue weighted by molar-refractivity contribution is 7.92. The molecule has 1 N–H and O–H groups in total. The number of fused-ring (bicyclic) bond motifs is 1. The van der Waals surface area contributed by atoms with Crippen LogP contribution in [-0.4, -0.2) is 34.1 Å². The lowest BCUT2D eigenvalue weighted by atomic mass is 10.1. The summed E-state index contributed by atoms with van der Waals surface area (Å²) in [6.45, 7) is 1.67. The van der Waals surface area contributed by atoms with Crippen LogP contribution in [0, 0.1) is 6.92 Å². The first kappa shape index (κ1) is 22.0. The van der Waals surface area contributed by atoms with E-state index in [1.54, 1.807) is 54.6 Å². The van der Waals surface area contributed by atoms with Crippen molar-refractivity contribution in [3.63, 3.8) is 0 Å². The number of nitrogens with zero attached hydrogens (tertiary/aromatic N) is 1. The third kappa shape index (κ3) is 4.24. The number of sulfonamides is 1. The Bertz CT molecular complexity index is 1260. The Morgan fingerprint density at radius 3 is 2.53 bits per heavy atom. The van der Waals surface area contributed by atoms with Crippen LogP contribution < -0.4 is 19.1 Å². The molecule has 1 heterocycles. The van der Waals surface area contributed by atoms with Crippen LogP contribution in [0.1, 0.15) is 5.56 Å². The van der Waals surface area contributed by atoms with Gasteiger partial charge in [-0.15, -0.1) is 0 Å². The lowest BCUT2D eigenvalue weighted by molar-refractivity contribution is -0.122. The second-order valence-corrected chi connectivity index (χ2v) is 9.53. The molecule has 0 fully saturated rings. The van der Waals surface area contributed by atoms with Gasteiger partial charge in [-0.25, -0.2) is 8.42 Å². The molecule has 1 atom stereocenters. The molecular formula is C23H21ClN2O5S. The van der Waals surface area contributed by atoms with Crippen molar-refractivity contribution >= 4 is 38.9 Å². The van der Waals surface area contributed by atoms with E-state index in [1.165, 1.54) is 23.5 Å². The SMILES string of the molecule is COc1ccc(S(=O)(=O)N2C[C@H](C(=O)Nc3ccccc3Cl)Oc3cc(C)ccc32)cc1. The number of halogens is 1. The van der Waals surface area contributed by atoms with Gasteiger partial charge >= 0.3 is 0 Å². The molecule has 0 saturated carbocycles. The molecule has 0 bridgehead atoms. The van der Waals surface area contributed by atoms with Crippen molar-refractivity contribution < 1.29 is 22.7 Å². The van der Waals surface area contributed by atoms with E-state index in [2.05, 4.69) is 5.32 Å². The van der Waals surface area contributed by atoms with E-state index in [0.29, 0.717) is 27.9 Å². The highest BCUT2D eigenvalue weighted by Gasteiger charge is 2.37. The van der Waals surface area contributed by atoms with Gasteiger partial charge in [0.05, 0.1) is 34.9 Å². The van der Waals surface area contributed by atoms with E-state index in [4.69, 9.17) is 21.1 Å². The van der Waals surface area contributed by atoms with Crippen molar-refractivity contribution in [2.45, 2.75) is 17.9 Å². The Balaban J connectivity index is 1.70. The number of carbonyl (C=O) groups is 1. The predicted molar refractivity (Wildman–Crippen MR) is 123 cm³/mol. The summed E-state index contributed by atoms with van der Waals surface area (Å²) in [6.07, 6.45) is -1.08. The summed E-state index contributed by atoms with van der Waals surface area (Å²) in [6, 6.07) is 18.1. The summed E-state index contributed by atoms with van der Waals surface area (Å²) in [4.78, 5) is 13.1. The maximum absolute atomic E-state index is 13.5. The lowest BCUT2D eigenvalue weighted by Gasteiger charge is -2.35. The van der Waals surface area contributed by atoms with Crippen molar-refractivity contribution in [1.29, 1.82) is 0 Å². The van der Waals surface area contributed by atoms with E-state index in [0.717, 1.165) is 5.56 Å². The number of hydrogen-bond acceptors (Lipinski definition) is 5. The Kier molecular flexibility index (Phi) is 5.99. The first-order chi connectivity index (χ1) is 15.3. The fourth-order valence-electron chi connectivity index (χ4n) is 3.38. The molecule has 166 valence electrons. The topological polar surface area (TPSA) is 84.9 Å². The van der Waals surface area contributed by atoms with Gasteiger partial charge in [0.2, 0.25) is 0 Å². The van der Waals surface area contributed by atoms with Crippen LogP contribution in [0.5, 0.6) is 11.5 Å². The average Bonchev–Trinajstić information content (AvgIpc) is 2.79. The molecule has 0 aromatic heterocycles. The number of ether oxygens (including phenoxy) is 2. The first-order valence-electron chi connectivity index (χ1n) is 9.79. The van der Waals surface area contributed by atoms with Crippen LogP contribution in [0.4, 0.5) is 11.4 Å². The Morgan fingerprint density at radius 1 is 1.12 bits per heavy atom. The quantitative estimate of drug-likeness (QED) is 0.600. The molecule has 1 amide bonds. The molecule has 9 heteroatoms. The zero-order valence-electron chi connectivity index (χ0n) is 17.4. The minimum atomic E-state index is -3.97. The molecule has 4 rings (SSSR count). The number of benzene rings is 3. The molecule has 0 radical (unpaired) electrons. The largest absolute Gasteiger partial charge is 0.497 e. The molecule has 0 aliphatic carbocycles. The average molecular weight is 473 g/mol. The standard InChI is InChI=1S/C23H21ClN2O5S/c1-15-7-12-20-21(13-15)31-22(23(27)25-19-6-4-3-5-18(19)24)14-26(20)32(28,29)17-10-8-16(30-2)9-11-17/h3-13,22H,14H2,1-2H3,(H,25,27)/t22-/m1/s1. The minimum Gasteiger partial charge on any atom is -0.497 e. The summed E-state index contributed by atoms with van der Waals surface area (Å²) in [7, 11) is -2.46. The summed E-state index contributed by atoms with van der Waals surface area (Å²) in [5, 5.41) is 3.09. The van der Waals surface area contributed by atoms with Gasteiger partial charge in [0.25, 0.3) is 15.9 Å². The third-order valence-electron chi connectivity index (χ3n) is 5.06. The molecule has 7 nitrogen and oxygen atoms in total. The van der Waals surface area contributed by atoms with E-state index in [1.807, 2.05) is 6.92 Å². The molecule has 0 saturated heterocycles. The van der Waals surface area contributed by atoms with Crippen molar-refractivity contribution in [3.8, 4) is 11.5 Å². The van der Waals surface area contributed by atoms with Crippen LogP contribution in [0.2, 0.25) is 5.02 Å². The summed E-state index contributed by atoms with van der Waals surface area (Å²) >= 11 is 6.14. The lowest BCUT2D eigenvalue weighted by Crippen LogP contribution is -2.48. The predicted octanol–water partition coefficient (Wildman–Crippen LogP) is 4.25. The Hall–Kier alpha value is -3.23. The molecule has 1 aliphatic heterocycles. The maximum atomic E-state index is 13.5. The molecule has 1 aliphatic rings. The molecular weight excluding hydrogens is 452 g/mol. The summed E-state index contributed by atoms with van der Waals surface area (Å²) in [5.41, 5.74) is 1.66. The molecule has 0 unspecified atom stereocenters. The fraction of sp³-hybridized carbons (Fsp3) is 0.174. The summed E-state index contributed by atoms with van der Waals surface area (Å²) < 4.78 is 39.2. The Morgan fingerprint density at radius 2 is 1.84 bits per heavy atom. The number of hydrogen-bond donors (Lipinski definition) is 1. The van der Waals surface area contributed by atoms with Crippen LogP contribution in [-0.2, 0) is 14.8 Å². The highest BCUT2D eigenvalue weighted by atomic mass is 35.5. The number of methoxy groups -OCH3 is 1. The van der Waals surface area contributed by atoms with Gasteiger partial charge in [-0.05, 0) is 61.0 Å². The van der Waals surface area contributed by atoms with Gasteiger partial charge in [-0.2, -0.15) is 0 Å². The number of rotatable bonds is 5. The minimum absolute atomic E-state index is 0.0805. The van der Waals surface area contributed by atoms with Crippen LogP contribution in [0.15, 0.2) is 71.6 Å². The molecule has 3 aromatic carbocycles. The summed E-state index contributed by atoms with van der Waals surface area (Å²) in [5.74, 6) is 0.353. The normalized spacial score (nSPS) is 15.5. The number of anilines is 2. The van der Waals surface area contributed by atoms with Crippen molar-refractivity contribution in [3.05, 3.63) is 77.3 Å². The van der Waals surface area contributed by atoms with Crippen LogP contribution in [0.25, 0.3) is 0 Å². The second kappa shape index (κ2) is 8.72. The highest BCUT2D eigenvalue weighted by Crippen LogP contribution is 2.38. The van der Waals surface area contributed by atoms with Gasteiger partial charge in [-0.3, -0.25) is 9.10 Å². The van der Waals surface area contributed by atoms with E-state index in [9.17, 15) is 13.2 Å². The van der Waals surface area contributed by atoms with Crippen molar-refractivity contribution in [2.75, 3.05) is 23.3 Å². The van der Waals surface area contributed by atoms with Gasteiger partial charge in [0, 0.05) is 0 Å². The van der Waals surface area contributed by atoms with Crippen molar-refractivity contribution in [2.24, 2.45) is 0 Å². The van der Waals surface area contributed by atoms with Gasteiger partial charge < -0.3 is 14.8 Å². The van der Waals surface area contributed by atoms with Crippen LogP contribution in [0.3, 0.4) is 0 Å². The number of carbonyl (C=O) groups excluding carboxylic acids is 1. The molecule has 32 heavy (non-hydrogen) atoms. The molecule has 3 aromatic rings. The van der Waals surface area contributed by atoms with Crippen molar-refractivity contribution in [1.82, 2.24) is 0 Å². The zero-order chi connectivity index (χ0) is 22.9.